The van der Waals surface area contributed by atoms with Crippen LogP contribution in [0.1, 0.15) is 32.3 Å². The second kappa shape index (κ2) is 7.66. The average Bonchev–Trinajstić information content (AvgIpc) is 2.97. The SMILES string of the molecule is CC(C)(C[CH]C(=O)NC1(C#N)CCN(Cc2ccccc2)C1)C(N)=O. The summed E-state index contributed by atoms with van der Waals surface area (Å²) in [6, 6.07) is 12.3. The minimum atomic E-state index is -0.890. The predicted octanol–water partition coefficient (Wildman–Crippen LogP) is 1.38. The smallest absolute Gasteiger partial charge is 0.225 e. The van der Waals surface area contributed by atoms with Gasteiger partial charge >= 0.3 is 0 Å². The first-order chi connectivity index (χ1) is 11.8. The molecule has 1 saturated heterocycles. The molecule has 1 aliphatic rings. The van der Waals surface area contributed by atoms with Gasteiger partial charge in [-0.25, -0.2) is 0 Å². The number of rotatable bonds is 7. The third-order valence-corrected chi connectivity index (χ3v) is 4.64. The van der Waals surface area contributed by atoms with E-state index in [9.17, 15) is 14.9 Å². The first-order valence-corrected chi connectivity index (χ1v) is 8.39. The Bertz CT molecular complexity index is 666. The maximum Gasteiger partial charge on any atom is 0.225 e. The summed E-state index contributed by atoms with van der Waals surface area (Å²) in [6.07, 6.45) is 2.22. The number of hydrogen-bond donors (Lipinski definition) is 2. The fraction of sp³-hybridized carbons (Fsp3) is 0.474. The number of hydrogen-bond acceptors (Lipinski definition) is 4. The summed E-state index contributed by atoms with van der Waals surface area (Å²) in [6.45, 7) is 5.36. The average molecular weight is 341 g/mol. The molecule has 1 unspecified atom stereocenters. The van der Waals surface area contributed by atoms with E-state index in [0.29, 0.717) is 13.0 Å². The van der Waals surface area contributed by atoms with Gasteiger partial charge in [-0.15, -0.1) is 0 Å². The molecule has 1 aromatic rings. The Morgan fingerprint density at radius 1 is 1.40 bits per heavy atom. The van der Waals surface area contributed by atoms with Crippen LogP contribution < -0.4 is 11.1 Å². The Morgan fingerprint density at radius 3 is 2.68 bits per heavy atom. The predicted molar refractivity (Wildman–Crippen MR) is 94.7 cm³/mol. The molecule has 0 bridgehead atoms. The summed E-state index contributed by atoms with van der Waals surface area (Å²) in [7, 11) is 0. The molecular formula is C19H25N4O2. The number of nitrogens with one attached hydrogen (secondary N) is 1. The molecule has 6 nitrogen and oxygen atoms in total. The molecule has 1 radical (unpaired) electrons. The lowest BCUT2D eigenvalue weighted by atomic mass is 9.87. The van der Waals surface area contributed by atoms with Crippen LogP contribution in [0.3, 0.4) is 0 Å². The van der Waals surface area contributed by atoms with Crippen LogP contribution in [0.2, 0.25) is 0 Å². The Labute approximate surface area is 149 Å². The van der Waals surface area contributed by atoms with Crippen molar-refractivity contribution in [2.75, 3.05) is 13.1 Å². The summed E-state index contributed by atoms with van der Waals surface area (Å²) in [5.41, 5.74) is 4.82. The lowest BCUT2D eigenvalue weighted by Crippen LogP contribution is -2.49. The van der Waals surface area contributed by atoms with Crippen LogP contribution >= 0.6 is 0 Å². The van der Waals surface area contributed by atoms with Gasteiger partial charge in [-0.2, -0.15) is 5.26 Å². The van der Waals surface area contributed by atoms with Crippen molar-refractivity contribution in [3.63, 3.8) is 0 Å². The summed E-state index contributed by atoms with van der Waals surface area (Å²) >= 11 is 0. The quantitative estimate of drug-likeness (QED) is 0.782. The Morgan fingerprint density at radius 2 is 2.08 bits per heavy atom. The van der Waals surface area contributed by atoms with E-state index < -0.39 is 16.9 Å². The number of nitrogens with zero attached hydrogens (tertiary/aromatic N) is 2. The highest BCUT2D eigenvalue weighted by Crippen LogP contribution is 2.24. The molecule has 1 heterocycles. The molecule has 6 heteroatoms. The highest BCUT2D eigenvalue weighted by Gasteiger charge is 2.40. The number of benzene rings is 1. The molecule has 2 amide bonds. The van der Waals surface area contributed by atoms with Gasteiger partial charge in [0.1, 0.15) is 5.54 Å². The van der Waals surface area contributed by atoms with Gasteiger partial charge in [-0.1, -0.05) is 44.2 Å². The second-order valence-electron chi connectivity index (χ2n) is 7.29. The first kappa shape index (κ1) is 18.9. The Balaban J connectivity index is 1.90. The second-order valence-corrected chi connectivity index (χ2v) is 7.29. The summed E-state index contributed by atoms with van der Waals surface area (Å²) in [5, 5.41) is 12.4. The highest BCUT2D eigenvalue weighted by atomic mass is 16.2. The zero-order chi connectivity index (χ0) is 18.5. The van der Waals surface area contributed by atoms with Crippen LogP contribution in [0.4, 0.5) is 0 Å². The topological polar surface area (TPSA) is 99.2 Å². The molecule has 1 atom stereocenters. The summed E-state index contributed by atoms with van der Waals surface area (Å²) in [4.78, 5) is 25.7. The summed E-state index contributed by atoms with van der Waals surface area (Å²) in [5.74, 6) is -0.793. The van der Waals surface area contributed by atoms with Crippen LogP contribution in [0, 0.1) is 23.2 Å². The minimum absolute atomic E-state index is 0.239. The molecule has 2 rings (SSSR count). The van der Waals surface area contributed by atoms with E-state index >= 15 is 0 Å². The number of amides is 2. The van der Waals surface area contributed by atoms with E-state index in [1.54, 1.807) is 13.8 Å². The van der Waals surface area contributed by atoms with Gasteiger partial charge in [0.2, 0.25) is 11.8 Å². The van der Waals surface area contributed by atoms with E-state index in [-0.39, 0.29) is 12.3 Å². The van der Waals surface area contributed by atoms with Gasteiger partial charge in [-0.3, -0.25) is 14.5 Å². The number of carbonyl (C=O) groups excluding carboxylic acids is 2. The van der Waals surface area contributed by atoms with Crippen LogP contribution in [0.15, 0.2) is 30.3 Å². The van der Waals surface area contributed by atoms with E-state index in [0.717, 1.165) is 13.1 Å². The van der Waals surface area contributed by atoms with E-state index in [1.165, 1.54) is 12.0 Å². The molecule has 1 fully saturated rings. The molecule has 0 aliphatic carbocycles. The van der Waals surface area contributed by atoms with Crippen LogP contribution in [0.25, 0.3) is 0 Å². The highest BCUT2D eigenvalue weighted by molar-refractivity contribution is 5.87. The molecule has 0 aromatic heterocycles. The van der Waals surface area contributed by atoms with Crippen molar-refractivity contribution in [1.82, 2.24) is 10.2 Å². The Hall–Kier alpha value is -2.39. The summed E-state index contributed by atoms with van der Waals surface area (Å²) < 4.78 is 0. The molecule has 1 aromatic carbocycles. The van der Waals surface area contributed by atoms with Crippen molar-refractivity contribution in [3.8, 4) is 6.07 Å². The molecule has 0 spiro atoms. The van der Waals surface area contributed by atoms with E-state index in [2.05, 4.69) is 16.3 Å². The maximum absolute atomic E-state index is 12.2. The van der Waals surface area contributed by atoms with E-state index in [4.69, 9.17) is 5.73 Å². The van der Waals surface area contributed by atoms with Crippen molar-refractivity contribution < 1.29 is 9.59 Å². The van der Waals surface area contributed by atoms with Crippen molar-refractivity contribution in [3.05, 3.63) is 42.3 Å². The van der Waals surface area contributed by atoms with Gasteiger partial charge in [0.25, 0.3) is 0 Å². The Kier molecular flexibility index (Phi) is 5.81. The monoisotopic (exact) mass is 341 g/mol. The fourth-order valence-electron chi connectivity index (χ4n) is 2.82. The largest absolute Gasteiger partial charge is 0.369 e. The third kappa shape index (κ3) is 5.04. The van der Waals surface area contributed by atoms with Crippen LogP contribution in [-0.2, 0) is 16.1 Å². The van der Waals surface area contributed by atoms with Gasteiger partial charge in [0.15, 0.2) is 0 Å². The number of nitrogens with two attached hydrogens (primary N) is 1. The van der Waals surface area contributed by atoms with Crippen LogP contribution in [0.5, 0.6) is 0 Å². The first-order valence-electron chi connectivity index (χ1n) is 8.39. The van der Waals surface area contributed by atoms with Crippen molar-refractivity contribution in [1.29, 1.82) is 5.26 Å². The van der Waals surface area contributed by atoms with Crippen LogP contribution in [-0.4, -0.2) is 35.3 Å². The lowest BCUT2D eigenvalue weighted by Gasteiger charge is -2.25. The molecule has 133 valence electrons. The molecule has 0 saturated carbocycles. The lowest BCUT2D eigenvalue weighted by molar-refractivity contribution is -0.126. The third-order valence-electron chi connectivity index (χ3n) is 4.64. The standard InChI is InChI=1S/C19H25N4O2/c1-18(2,17(21)25)9-8-16(24)22-19(13-20)10-11-23(14-19)12-15-6-4-3-5-7-15/h3-8H,9-12,14H2,1-2H3,(H2,21,25)(H,22,24). The van der Waals surface area contributed by atoms with Crippen molar-refractivity contribution in [2.45, 2.75) is 38.8 Å². The number of primary amides is 1. The van der Waals surface area contributed by atoms with Crippen molar-refractivity contribution >= 4 is 11.8 Å². The zero-order valence-electron chi connectivity index (χ0n) is 14.8. The van der Waals surface area contributed by atoms with E-state index in [1.807, 2.05) is 30.3 Å². The fourth-order valence-corrected chi connectivity index (χ4v) is 2.82. The van der Waals surface area contributed by atoms with Gasteiger partial charge in [-0.05, 0) is 18.4 Å². The molecule has 3 N–H and O–H groups in total. The molecule has 1 aliphatic heterocycles. The normalized spacial score (nSPS) is 20.8. The zero-order valence-corrected chi connectivity index (χ0v) is 14.8. The number of likely N-dealkylation sites (tertiary alicyclic amines) is 1. The number of nitriles is 1. The number of carbonyl (C=O) groups is 2. The maximum atomic E-state index is 12.2. The molecular weight excluding hydrogens is 316 g/mol. The van der Waals surface area contributed by atoms with Gasteiger partial charge in [0.05, 0.1) is 12.5 Å². The van der Waals surface area contributed by atoms with Gasteiger partial charge in [0, 0.05) is 25.0 Å². The van der Waals surface area contributed by atoms with Gasteiger partial charge < -0.3 is 11.1 Å². The minimum Gasteiger partial charge on any atom is -0.369 e. The van der Waals surface area contributed by atoms with Crippen molar-refractivity contribution in [2.24, 2.45) is 11.1 Å². The molecule has 25 heavy (non-hydrogen) atoms.